The summed E-state index contributed by atoms with van der Waals surface area (Å²) >= 11 is 5.68. The summed E-state index contributed by atoms with van der Waals surface area (Å²) in [4.78, 5) is 24.2. The van der Waals surface area contributed by atoms with E-state index in [0.29, 0.717) is 19.4 Å². The van der Waals surface area contributed by atoms with E-state index < -0.39 is 12.0 Å². The van der Waals surface area contributed by atoms with Crippen molar-refractivity contribution in [2.24, 2.45) is 0 Å². The minimum atomic E-state index is -0.981. The average Bonchev–Trinajstić information content (AvgIpc) is 2.84. The Kier molecular flexibility index (Phi) is 2.87. The number of hydrogen-bond donors (Lipinski definition) is 1. The van der Waals surface area contributed by atoms with Gasteiger partial charge in [0.1, 0.15) is 6.04 Å². The third-order valence-electron chi connectivity index (χ3n) is 2.65. The van der Waals surface area contributed by atoms with Gasteiger partial charge in [-0.1, -0.05) is 0 Å². The maximum atomic E-state index is 12.0. The summed E-state index contributed by atoms with van der Waals surface area (Å²) in [6.07, 6.45) is 2.48. The number of halogens is 1. The van der Waals surface area contributed by atoms with Gasteiger partial charge < -0.3 is 14.4 Å². The number of carboxylic acid groups (broad SMARTS) is 1. The van der Waals surface area contributed by atoms with E-state index in [1.54, 1.807) is 0 Å². The topological polar surface area (TPSA) is 70.8 Å². The zero-order chi connectivity index (χ0) is 11.7. The van der Waals surface area contributed by atoms with Crippen molar-refractivity contribution in [3.63, 3.8) is 0 Å². The Hall–Kier alpha value is -1.49. The summed E-state index contributed by atoms with van der Waals surface area (Å²) in [7, 11) is 0. The van der Waals surface area contributed by atoms with E-state index in [2.05, 4.69) is 0 Å². The third kappa shape index (κ3) is 1.78. The quantitative estimate of drug-likeness (QED) is 0.857. The summed E-state index contributed by atoms with van der Waals surface area (Å²) in [5.41, 5.74) is 0.217. The number of nitrogens with zero attached hydrogens (tertiary/aromatic N) is 1. The van der Waals surface area contributed by atoms with Gasteiger partial charge in [0, 0.05) is 6.54 Å². The van der Waals surface area contributed by atoms with E-state index in [4.69, 9.17) is 21.1 Å². The number of furan rings is 1. The summed E-state index contributed by atoms with van der Waals surface area (Å²) in [6, 6.07) is 0.695. The van der Waals surface area contributed by atoms with Crippen LogP contribution < -0.4 is 0 Å². The molecule has 0 radical (unpaired) electrons. The smallest absolute Gasteiger partial charge is 0.326 e. The summed E-state index contributed by atoms with van der Waals surface area (Å²) in [5, 5.41) is 8.95. The third-order valence-corrected chi connectivity index (χ3v) is 2.94. The molecular weight excluding hydrogens is 234 g/mol. The average molecular weight is 244 g/mol. The molecule has 6 heteroatoms. The number of amides is 1. The molecule has 1 saturated heterocycles. The van der Waals surface area contributed by atoms with Crippen LogP contribution in [0.4, 0.5) is 0 Å². The van der Waals surface area contributed by atoms with E-state index >= 15 is 0 Å². The van der Waals surface area contributed by atoms with E-state index in [9.17, 15) is 9.59 Å². The molecule has 0 aliphatic carbocycles. The van der Waals surface area contributed by atoms with Crippen molar-refractivity contribution in [2.45, 2.75) is 18.9 Å². The number of carbonyl (C=O) groups is 2. The second kappa shape index (κ2) is 4.17. The highest BCUT2D eigenvalue weighted by molar-refractivity contribution is 6.32. The lowest BCUT2D eigenvalue weighted by Gasteiger charge is -2.20. The zero-order valence-electron chi connectivity index (χ0n) is 8.35. The lowest BCUT2D eigenvalue weighted by atomic mass is 10.2. The molecule has 0 aromatic carbocycles. The van der Waals surface area contributed by atoms with Crippen LogP contribution in [0.5, 0.6) is 0 Å². The molecule has 1 aliphatic rings. The van der Waals surface area contributed by atoms with Crippen molar-refractivity contribution in [1.82, 2.24) is 4.90 Å². The van der Waals surface area contributed by atoms with E-state index in [-0.39, 0.29) is 16.7 Å². The van der Waals surface area contributed by atoms with Crippen molar-refractivity contribution >= 4 is 23.5 Å². The molecule has 1 fully saturated rings. The van der Waals surface area contributed by atoms with E-state index in [0.717, 1.165) is 0 Å². The van der Waals surface area contributed by atoms with E-state index in [1.807, 2.05) is 0 Å². The van der Waals surface area contributed by atoms with Crippen molar-refractivity contribution in [3.8, 4) is 0 Å². The maximum Gasteiger partial charge on any atom is 0.326 e. The fourth-order valence-corrected chi connectivity index (χ4v) is 2.06. The molecule has 0 bridgehead atoms. The molecule has 5 nitrogen and oxygen atoms in total. The van der Waals surface area contributed by atoms with Gasteiger partial charge in [-0.25, -0.2) is 4.79 Å². The summed E-state index contributed by atoms with van der Waals surface area (Å²) < 4.78 is 4.81. The number of aliphatic carboxylic acids is 1. The van der Waals surface area contributed by atoms with E-state index in [1.165, 1.54) is 17.2 Å². The fourth-order valence-electron chi connectivity index (χ4n) is 1.87. The molecule has 0 saturated carbocycles. The number of carbonyl (C=O) groups excluding carboxylic acids is 1. The van der Waals surface area contributed by atoms with Crippen LogP contribution in [0, 0.1) is 0 Å². The molecule has 1 aromatic rings. The molecule has 1 aliphatic heterocycles. The van der Waals surface area contributed by atoms with Gasteiger partial charge in [-0.2, -0.15) is 0 Å². The molecule has 1 atom stereocenters. The Labute approximate surface area is 96.6 Å². The van der Waals surface area contributed by atoms with Crippen molar-refractivity contribution in [2.75, 3.05) is 6.54 Å². The summed E-state index contributed by atoms with van der Waals surface area (Å²) in [5.74, 6) is -1.37. The molecule has 16 heavy (non-hydrogen) atoms. The monoisotopic (exact) mass is 243 g/mol. The Bertz CT molecular complexity index is 428. The molecule has 1 amide bonds. The van der Waals surface area contributed by atoms with Gasteiger partial charge in [0.2, 0.25) is 5.22 Å². The van der Waals surface area contributed by atoms with Gasteiger partial charge in [-0.3, -0.25) is 4.79 Å². The van der Waals surface area contributed by atoms with Crippen LogP contribution >= 0.6 is 11.6 Å². The van der Waals surface area contributed by atoms with Crippen LogP contribution in [0.2, 0.25) is 5.22 Å². The number of hydrogen-bond acceptors (Lipinski definition) is 3. The van der Waals surface area contributed by atoms with Gasteiger partial charge in [0.05, 0.1) is 11.8 Å². The second-order valence-electron chi connectivity index (χ2n) is 3.60. The lowest BCUT2D eigenvalue weighted by Crippen LogP contribution is -2.40. The highest BCUT2D eigenvalue weighted by Crippen LogP contribution is 2.24. The molecule has 2 heterocycles. The Morgan fingerprint density at radius 3 is 2.88 bits per heavy atom. The van der Waals surface area contributed by atoms with Gasteiger partial charge in [-0.05, 0) is 30.5 Å². The van der Waals surface area contributed by atoms with Crippen molar-refractivity contribution in [3.05, 3.63) is 23.1 Å². The fraction of sp³-hybridized carbons (Fsp3) is 0.400. The first-order chi connectivity index (χ1) is 7.61. The predicted octanol–water partition coefficient (Wildman–Crippen LogP) is 1.62. The summed E-state index contributed by atoms with van der Waals surface area (Å²) in [6.45, 7) is 0.442. The molecular formula is C10H10ClNO4. The SMILES string of the molecule is O=C(O)C1CCCN1C(=O)c1ccoc1Cl. The molecule has 1 unspecified atom stereocenters. The van der Waals surface area contributed by atoms with Crippen LogP contribution in [-0.4, -0.2) is 34.5 Å². The minimum Gasteiger partial charge on any atom is -0.480 e. The van der Waals surface area contributed by atoms with Crippen molar-refractivity contribution in [1.29, 1.82) is 0 Å². The molecule has 2 rings (SSSR count). The van der Waals surface area contributed by atoms with Crippen LogP contribution in [0.3, 0.4) is 0 Å². The van der Waals surface area contributed by atoms with Gasteiger partial charge >= 0.3 is 5.97 Å². The van der Waals surface area contributed by atoms with Gasteiger partial charge in [0.15, 0.2) is 0 Å². The number of rotatable bonds is 2. The number of carboxylic acids is 1. The van der Waals surface area contributed by atoms with Gasteiger partial charge in [0.25, 0.3) is 5.91 Å². The van der Waals surface area contributed by atoms with Crippen LogP contribution in [0.25, 0.3) is 0 Å². The Morgan fingerprint density at radius 2 is 2.31 bits per heavy atom. The molecule has 1 N–H and O–H groups in total. The lowest BCUT2D eigenvalue weighted by molar-refractivity contribution is -0.141. The standard InChI is InChI=1S/C10H10ClNO4/c11-8-6(3-5-16-8)9(13)12-4-1-2-7(12)10(14)15/h3,5,7H,1-2,4H2,(H,14,15). The zero-order valence-corrected chi connectivity index (χ0v) is 9.11. The molecule has 0 spiro atoms. The Balaban J connectivity index is 2.22. The van der Waals surface area contributed by atoms with Crippen LogP contribution in [0.1, 0.15) is 23.2 Å². The first-order valence-corrected chi connectivity index (χ1v) is 5.26. The van der Waals surface area contributed by atoms with Gasteiger partial charge in [-0.15, -0.1) is 0 Å². The van der Waals surface area contributed by atoms with Crippen LogP contribution in [-0.2, 0) is 4.79 Å². The highest BCUT2D eigenvalue weighted by Gasteiger charge is 2.35. The number of likely N-dealkylation sites (tertiary alicyclic amines) is 1. The second-order valence-corrected chi connectivity index (χ2v) is 3.95. The predicted molar refractivity (Wildman–Crippen MR) is 55.4 cm³/mol. The van der Waals surface area contributed by atoms with Crippen molar-refractivity contribution < 1.29 is 19.1 Å². The molecule has 86 valence electrons. The highest BCUT2D eigenvalue weighted by atomic mass is 35.5. The largest absolute Gasteiger partial charge is 0.480 e. The first-order valence-electron chi connectivity index (χ1n) is 4.88. The normalized spacial score (nSPS) is 20.1. The minimum absolute atomic E-state index is 0.000962. The maximum absolute atomic E-state index is 12.0. The first kappa shape index (κ1) is 11.0. The Morgan fingerprint density at radius 1 is 1.56 bits per heavy atom. The molecule has 1 aromatic heterocycles. The van der Waals surface area contributed by atoms with Crippen LogP contribution in [0.15, 0.2) is 16.7 Å².